The minimum Gasteiger partial charge on any atom is -0.478 e. The first-order valence-corrected chi connectivity index (χ1v) is 8.68. The summed E-state index contributed by atoms with van der Waals surface area (Å²) in [5.41, 5.74) is 2.44. The third-order valence-electron chi connectivity index (χ3n) is 3.86. The molecule has 3 rings (SSSR count). The molecule has 3 heterocycles. The van der Waals surface area contributed by atoms with Crippen molar-refractivity contribution < 1.29 is 9.90 Å². The van der Waals surface area contributed by atoms with Crippen LogP contribution in [-0.4, -0.2) is 22.5 Å². The van der Waals surface area contributed by atoms with E-state index in [4.69, 9.17) is 5.11 Å². The molecule has 0 fully saturated rings. The fourth-order valence-corrected chi connectivity index (χ4v) is 4.55. The molecular weight excluding hydrogens is 302 g/mol. The number of rotatable bonds is 4. The molecule has 0 saturated carbocycles. The van der Waals surface area contributed by atoms with E-state index < -0.39 is 5.97 Å². The minimum absolute atomic E-state index is 0.458. The molecule has 5 heteroatoms. The Morgan fingerprint density at radius 2 is 2.38 bits per heavy atom. The molecule has 1 aliphatic heterocycles. The zero-order chi connectivity index (χ0) is 14.8. The molecule has 21 heavy (non-hydrogen) atoms. The topological polar surface area (TPSA) is 40.5 Å². The normalized spacial score (nSPS) is 19.0. The summed E-state index contributed by atoms with van der Waals surface area (Å²) in [6, 6.07) is 4.78. The fraction of sp³-hybridized carbons (Fsp3) is 0.312. The summed E-state index contributed by atoms with van der Waals surface area (Å²) >= 11 is 3.56. The molecular formula is C16H17NO2S2. The van der Waals surface area contributed by atoms with E-state index in [1.807, 2.05) is 16.7 Å². The summed E-state index contributed by atoms with van der Waals surface area (Å²) < 4.78 is 0. The van der Waals surface area contributed by atoms with Crippen LogP contribution in [0.25, 0.3) is 6.08 Å². The molecule has 0 spiro atoms. The van der Waals surface area contributed by atoms with Crippen molar-refractivity contribution in [2.24, 2.45) is 0 Å². The van der Waals surface area contributed by atoms with Crippen molar-refractivity contribution in [3.63, 3.8) is 0 Å². The van der Waals surface area contributed by atoms with Gasteiger partial charge in [-0.1, -0.05) is 0 Å². The highest BCUT2D eigenvalue weighted by Crippen LogP contribution is 2.34. The van der Waals surface area contributed by atoms with Gasteiger partial charge in [-0.05, 0) is 53.4 Å². The van der Waals surface area contributed by atoms with Gasteiger partial charge in [0.2, 0.25) is 0 Å². The van der Waals surface area contributed by atoms with Crippen molar-refractivity contribution in [2.75, 3.05) is 6.54 Å². The van der Waals surface area contributed by atoms with Crippen LogP contribution in [0.15, 0.2) is 29.0 Å². The molecule has 0 bridgehead atoms. The SMILES string of the molecule is CC1c2ccsc2CCN1Cc1cc(C=CC(=O)O)cs1. The van der Waals surface area contributed by atoms with Crippen LogP contribution in [0.2, 0.25) is 0 Å². The van der Waals surface area contributed by atoms with Gasteiger partial charge in [0.1, 0.15) is 0 Å². The maximum Gasteiger partial charge on any atom is 0.328 e. The number of carboxylic acid groups (broad SMARTS) is 1. The molecule has 0 amide bonds. The largest absolute Gasteiger partial charge is 0.478 e. The van der Waals surface area contributed by atoms with Crippen molar-refractivity contribution in [1.82, 2.24) is 4.90 Å². The van der Waals surface area contributed by atoms with E-state index in [2.05, 4.69) is 29.3 Å². The van der Waals surface area contributed by atoms with Crippen LogP contribution in [0, 0.1) is 0 Å². The highest BCUT2D eigenvalue weighted by Gasteiger charge is 2.24. The van der Waals surface area contributed by atoms with Gasteiger partial charge in [-0.25, -0.2) is 4.79 Å². The van der Waals surface area contributed by atoms with Gasteiger partial charge in [0, 0.05) is 35.0 Å². The second kappa shape index (κ2) is 6.13. The predicted octanol–water partition coefficient (Wildman–Crippen LogP) is 4.03. The van der Waals surface area contributed by atoms with Crippen LogP contribution < -0.4 is 0 Å². The number of carboxylic acids is 1. The van der Waals surface area contributed by atoms with Crippen LogP contribution in [0.5, 0.6) is 0 Å². The van der Waals surface area contributed by atoms with Crippen molar-refractivity contribution in [3.8, 4) is 0 Å². The number of fused-ring (bicyclic) bond motifs is 1. The van der Waals surface area contributed by atoms with Crippen molar-refractivity contribution in [3.05, 3.63) is 49.9 Å². The van der Waals surface area contributed by atoms with Crippen LogP contribution in [-0.2, 0) is 17.8 Å². The average molecular weight is 319 g/mol. The summed E-state index contributed by atoms with van der Waals surface area (Å²) in [6.07, 6.45) is 3.97. The van der Waals surface area contributed by atoms with Gasteiger partial charge in [0.15, 0.2) is 0 Å². The van der Waals surface area contributed by atoms with Gasteiger partial charge in [-0.15, -0.1) is 22.7 Å². The van der Waals surface area contributed by atoms with Gasteiger partial charge in [-0.3, -0.25) is 4.90 Å². The second-order valence-corrected chi connectivity index (χ2v) is 7.21. The molecule has 3 nitrogen and oxygen atoms in total. The Hall–Kier alpha value is -1.43. The molecule has 110 valence electrons. The van der Waals surface area contributed by atoms with Crippen molar-refractivity contribution >= 4 is 34.7 Å². The number of hydrogen-bond acceptors (Lipinski definition) is 4. The Morgan fingerprint density at radius 3 is 3.19 bits per heavy atom. The lowest BCUT2D eigenvalue weighted by Crippen LogP contribution is -2.32. The lowest BCUT2D eigenvalue weighted by molar-refractivity contribution is -0.131. The summed E-state index contributed by atoms with van der Waals surface area (Å²) in [5, 5.41) is 12.9. The molecule has 1 atom stereocenters. The lowest BCUT2D eigenvalue weighted by atomic mass is 10.0. The Morgan fingerprint density at radius 1 is 1.52 bits per heavy atom. The summed E-state index contributed by atoms with van der Waals surface area (Å²) in [4.78, 5) is 15.8. The molecule has 0 aliphatic carbocycles. The zero-order valence-electron chi connectivity index (χ0n) is 11.8. The third-order valence-corrected chi connectivity index (χ3v) is 5.79. The predicted molar refractivity (Wildman–Crippen MR) is 87.8 cm³/mol. The smallest absolute Gasteiger partial charge is 0.328 e. The number of thiophene rings is 2. The maximum atomic E-state index is 10.5. The Labute approximate surface area is 132 Å². The summed E-state index contributed by atoms with van der Waals surface area (Å²) in [6.45, 7) is 4.29. The highest BCUT2D eigenvalue weighted by molar-refractivity contribution is 7.10. The molecule has 2 aromatic heterocycles. The van der Waals surface area contributed by atoms with Gasteiger partial charge < -0.3 is 5.11 Å². The Bertz CT molecular complexity index is 671. The first kappa shape index (κ1) is 14.5. The molecule has 0 aromatic carbocycles. The van der Waals surface area contributed by atoms with Crippen LogP contribution >= 0.6 is 22.7 Å². The van der Waals surface area contributed by atoms with Gasteiger partial charge in [-0.2, -0.15) is 0 Å². The van der Waals surface area contributed by atoms with Crippen molar-refractivity contribution in [1.29, 1.82) is 0 Å². The average Bonchev–Trinajstić information content (AvgIpc) is 3.09. The number of carbonyl (C=O) groups is 1. The van der Waals surface area contributed by atoms with Gasteiger partial charge in [0.05, 0.1) is 0 Å². The molecule has 0 radical (unpaired) electrons. The number of aliphatic carboxylic acids is 1. The van der Waals surface area contributed by atoms with Gasteiger partial charge in [0.25, 0.3) is 0 Å². The number of nitrogens with zero attached hydrogens (tertiary/aromatic N) is 1. The van der Waals surface area contributed by atoms with Crippen LogP contribution in [0.1, 0.15) is 33.8 Å². The van der Waals surface area contributed by atoms with Crippen LogP contribution in [0.4, 0.5) is 0 Å². The van der Waals surface area contributed by atoms with E-state index in [9.17, 15) is 4.79 Å². The molecule has 1 aliphatic rings. The van der Waals surface area contributed by atoms with E-state index in [-0.39, 0.29) is 0 Å². The van der Waals surface area contributed by atoms with E-state index in [0.29, 0.717) is 6.04 Å². The quantitative estimate of drug-likeness (QED) is 0.865. The molecule has 1 unspecified atom stereocenters. The highest BCUT2D eigenvalue weighted by atomic mass is 32.1. The molecule has 0 saturated heterocycles. The van der Waals surface area contributed by atoms with E-state index in [1.54, 1.807) is 17.4 Å². The Kier molecular flexibility index (Phi) is 4.24. The maximum absolute atomic E-state index is 10.5. The van der Waals surface area contributed by atoms with E-state index >= 15 is 0 Å². The standard InChI is InChI=1S/C16H17NO2S2/c1-11-14-5-7-20-15(14)4-6-17(11)9-13-8-12(10-21-13)2-3-16(18)19/h2-3,5,7-8,10-11H,4,6,9H2,1H3,(H,18,19). The zero-order valence-corrected chi connectivity index (χ0v) is 13.4. The molecule has 1 N–H and O–H groups in total. The first-order chi connectivity index (χ1) is 10.1. The third kappa shape index (κ3) is 3.26. The monoisotopic (exact) mass is 319 g/mol. The van der Waals surface area contributed by atoms with Crippen molar-refractivity contribution in [2.45, 2.75) is 25.9 Å². The lowest BCUT2D eigenvalue weighted by Gasteiger charge is -2.33. The number of hydrogen-bond donors (Lipinski definition) is 1. The summed E-state index contributed by atoms with van der Waals surface area (Å²) in [5.74, 6) is -0.905. The van der Waals surface area contributed by atoms with E-state index in [1.165, 1.54) is 21.4 Å². The summed E-state index contributed by atoms with van der Waals surface area (Å²) in [7, 11) is 0. The second-order valence-electron chi connectivity index (χ2n) is 5.21. The minimum atomic E-state index is -0.905. The van der Waals surface area contributed by atoms with Crippen LogP contribution in [0.3, 0.4) is 0 Å². The fourth-order valence-electron chi connectivity index (χ4n) is 2.71. The van der Waals surface area contributed by atoms with Gasteiger partial charge >= 0.3 is 5.97 Å². The molecule has 2 aromatic rings. The first-order valence-electron chi connectivity index (χ1n) is 6.92. The van der Waals surface area contributed by atoms with E-state index in [0.717, 1.165) is 25.1 Å². The Balaban J connectivity index is 1.69.